The molecule has 0 unspecified atom stereocenters. The Hall–Kier alpha value is -4.26. The van der Waals surface area contributed by atoms with E-state index in [0.717, 1.165) is 66.1 Å². The summed E-state index contributed by atoms with van der Waals surface area (Å²) in [6.45, 7) is 5.36. The maximum absolute atomic E-state index is 13.4. The van der Waals surface area contributed by atoms with Gasteiger partial charge >= 0.3 is 0 Å². The zero-order valence-corrected chi connectivity index (χ0v) is 29.4. The van der Waals surface area contributed by atoms with Gasteiger partial charge in [-0.3, -0.25) is 19.1 Å². The van der Waals surface area contributed by atoms with E-state index in [4.69, 9.17) is 42.8 Å². The average Bonchev–Trinajstić information content (AvgIpc) is 3.70. The molecular formula is C37H37Cl2N7O4. The Labute approximate surface area is 299 Å². The van der Waals surface area contributed by atoms with Crippen LogP contribution in [0.3, 0.4) is 0 Å². The number of fused-ring (bicyclic) bond motifs is 1. The van der Waals surface area contributed by atoms with E-state index in [1.54, 1.807) is 23.2 Å². The Bertz CT molecular complexity index is 2190. The molecule has 13 heteroatoms. The maximum Gasteiger partial charge on any atom is 0.277 e. The van der Waals surface area contributed by atoms with Gasteiger partial charge in [-0.15, -0.1) is 0 Å². The molecule has 0 saturated carbocycles. The molecule has 3 saturated heterocycles. The van der Waals surface area contributed by atoms with E-state index in [9.17, 15) is 9.59 Å². The molecule has 50 heavy (non-hydrogen) atoms. The summed E-state index contributed by atoms with van der Waals surface area (Å²) >= 11 is 14.2. The predicted octanol–water partition coefficient (Wildman–Crippen LogP) is 4.94. The van der Waals surface area contributed by atoms with E-state index >= 15 is 0 Å². The number of aromatic nitrogens is 4. The van der Waals surface area contributed by atoms with Gasteiger partial charge in [0.25, 0.3) is 5.56 Å². The fraction of sp³-hybridized carbons (Fsp3) is 0.351. The zero-order chi connectivity index (χ0) is 34.6. The summed E-state index contributed by atoms with van der Waals surface area (Å²) in [4.78, 5) is 32.1. The molecule has 1 amide bonds. The van der Waals surface area contributed by atoms with Crippen LogP contribution in [0.4, 0.5) is 0 Å². The van der Waals surface area contributed by atoms with E-state index < -0.39 is 0 Å². The van der Waals surface area contributed by atoms with Gasteiger partial charge < -0.3 is 20.1 Å². The summed E-state index contributed by atoms with van der Waals surface area (Å²) in [6, 6.07) is 17.5. The van der Waals surface area contributed by atoms with Crippen LogP contribution in [-0.2, 0) is 29.7 Å². The molecule has 3 fully saturated rings. The lowest BCUT2D eigenvalue weighted by molar-refractivity contribution is -0.191. The molecule has 2 aromatic carbocycles. The summed E-state index contributed by atoms with van der Waals surface area (Å²) in [6.07, 6.45) is 3.26. The van der Waals surface area contributed by atoms with Crippen molar-refractivity contribution >= 4 is 34.6 Å². The largest absolute Gasteiger partial charge is 0.481 e. The Morgan fingerprint density at radius 2 is 1.74 bits per heavy atom. The van der Waals surface area contributed by atoms with Crippen molar-refractivity contribution in [1.82, 2.24) is 34.7 Å². The van der Waals surface area contributed by atoms with Crippen molar-refractivity contribution in [1.29, 1.82) is 0 Å². The number of carbonyl (C=O) groups is 1. The Morgan fingerprint density at radius 3 is 2.42 bits per heavy atom. The van der Waals surface area contributed by atoms with Crippen LogP contribution in [0.25, 0.3) is 39.0 Å². The van der Waals surface area contributed by atoms with Crippen LogP contribution in [0.1, 0.15) is 24.2 Å². The second-order valence-electron chi connectivity index (χ2n) is 13.6. The average molecular weight is 715 g/mol. The molecule has 3 aliphatic heterocycles. The highest BCUT2D eigenvalue weighted by Crippen LogP contribution is 2.43. The van der Waals surface area contributed by atoms with Crippen molar-refractivity contribution in [2.75, 3.05) is 40.0 Å². The van der Waals surface area contributed by atoms with Gasteiger partial charge in [0.05, 0.1) is 42.6 Å². The Kier molecular flexibility index (Phi) is 8.64. The number of likely N-dealkylation sites (tertiary alicyclic amines) is 1. The van der Waals surface area contributed by atoms with Crippen LogP contribution in [0.2, 0.25) is 10.0 Å². The summed E-state index contributed by atoms with van der Waals surface area (Å²) in [5.41, 5.74) is 6.02. The maximum atomic E-state index is 13.4. The van der Waals surface area contributed by atoms with Gasteiger partial charge in [0, 0.05) is 90.7 Å². The molecule has 3 aromatic heterocycles. The van der Waals surface area contributed by atoms with Gasteiger partial charge in [0.2, 0.25) is 11.8 Å². The molecule has 8 rings (SSSR count). The Morgan fingerprint density at radius 1 is 1.02 bits per heavy atom. The van der Waals surface area contributed by atoms with E-state index in [-0.39, 0.29) is 22.9 Å². The van der Waals surface area contributed by atoms with Crippen LogP contribution in [0.15, 0.2) is 65.6 Å². The van der Waals surface area contributed by atoms with E-state index in [2.05, 4.69) is 15.5 Å². The molecule has 1 atom stereocenters. The molecule has 5 aromatic rings. The van der Waals surface area contributed by atoms with Gasteiger partial charge in [0.1, 0.15) is 11.3 Å². The minimum Gasteiger partial charge on any atom is -0.481 e. The number of methoxy groups -OCH3 is 1. The van der Waals surface area contributed by atoms with Crippen molar-refractivity contribution < 1.29 is 14.3 Å². The molecule has 6 heterocycles. The fourth-order valence-electron chi connectivity index (χ4n) is 7.29. The van der Waals surface area contributed by atoms with Crippen molar-refractivity contribution in [2.24, 2.45) is 12.5 Å². The number of ether oxygens (including phenoxy) is 2. The van der Waals surface area contributed by atoms with Gasteiger partial charge in [-0.25, -0.2) is 9.50 Å². The third-order valence-electron chi connectivity index (χ3n) is 10.0. The minimum atomic E-state index is -0.112. The van der Waals surface area contributed by atoms with Crippen LogP contribution in [0, 0.1) is 5.41 Å². The molecule has 0 aliphatic carbocycles. The van der Waals surface area contributed by atoms with Gasteiger partial charge in [-0.05, 0) is 18.6 Å². The molecule has 0 radical (unpaired) electrons. The fourth-order valence-corrected chi connectivity index (χ4v) is 7.95. The molecular weight excluding hydrogens is 677 g/mol. The highest BCUT2D eigenvalue weighted by molar-refractivity contribution is 6.39. The first-order valence-corrected chi connectivity index (χ1v) is 17.5. The minimum absolute atomic E-state index is 0.0973. The Balaban J connectivity index is 1.05. The van der Waals surface area contributed by atoms with Gasteiger partial charge in [-0.2, -0.15) is 5.10 Å². The number of halogens is 2. The molecule has 1 spiro atoms. The summed E-state index contributed by atoms with van der Waals surface area (Å²) in [5.74, 6) is 1.30. The molecule has 3 aliphatic rings. The second-order valence-corrected chi connectivity index (χ2v) is 14.4. The van der Waals surface area contributed by atoms with Crippen LogP contribution in [-0.4, -0.2) is 76.0 Å². The van der Waals surface area contributed by atoms with Gasteiger partial charge in [0.15, 0.2) is 0 Å². The second kappa shape index (κ2) is 13.1. The topological polar surface area (TPSA) is 115 Å². The first-order valence-electron chi connectivity index (χ1n) is 16.7. The van der Waals surface area contributed by atoms with Crippen molar-refractivity contribution in [2.45, 2.75) is 32.0 Å². The number of rotatable bonds is 10. The normalized spacial score (nSPS) is 18.3. The SMILES string of the molecule is COc1nc(-c2cccc(-c3cccc(-c4cc5c(=O)n(C)c(CN6CC7(COC7)C6)nn5c4)c3Cl)c2Cl)ccc1CNC[C@@H]1CCC(=O)N1. The third-order valence-corrected chi connectivity index (χ3v) is 10.8. The third kappa shape index (κ3) is 5.96. The molecule has 258 valence electrons. The van der Waals surface area contributed by atoms with Crippen LogP contribution < -0.4 is 20.9 Å². The van der Waals surface area contributed by atoms with Crippen LogP contribution in [0.5, 0.6) is 5.88 Å². The lowest BCUT2D eigenvalue weighted by atomic mass is 9.78. The molecule has 0 bridgehead atoms. The van der Waals surface area contributed by atoms with E-state index in [1.807, 2.05) is 60.8 Å². The first kappa shape index (κ1) is 32.9. The number of hydrogen-bond acceptors (Lipinski definition) is 8. The number of hydrogen-bond donors (Lipinski definition) is 2. The standard InChI is InChI=1S/C37H37Cl2N7O4/c1-44-31(17-45-18-37(19-45)20-50-21-37)43-46-16-23(13-30(46)36(44)48)25-5-3-6-26(33(25)38)27-7-4-8-28(34(27)39)29-11-9-22(35(42-29)49-2)14-40-15-24-10-12-32(47)41-24/h3-9,11,13,16,24,40H,10,12,14-15,17-21H2,1-2H3,(H,41,47)/t24-/m0/s1. The smallest absolute Gasteiger partial charge is 0.277 e. The lowest BCUT2D eigenvalue weighted by Crippen LogP contribution is -2.65. The van der Waals surface area contributed by atoms with E-state index in [1.165, 1.54) is 0 Å². The first-order chi connectivity index (χ1) is 24.2. The van der Waals surface area contributed by atoms with E-state index in [0.29, 0.717) is 59.0 Å². The zero-order valence-electron chi connectivity index (χ0n) is 27.8. The number of nitrogens with zero attached hydrogens (tertiary/aromatic N) is 5. The number of pyridine rings is 1. The highest BCUT2D eigenvalue weighted by Gasteiger charge is 2.49. The quantitative estimate of drug-likeness (QED) is 0.209. The molecule has 2 N–H and O–H groups in total. The lowest BCUT2D eigenvalue weighted by Gasteiger charge is -2.55. The summed E-state index contributed by atoms with van der Waals surface area (Å²) < 4.78 is 14.4. The van der Waals surface area contributed by atoms with Gasteiger partial charge in [-0.1, -0.05) is 65.7 Å². The molecule has 11 nitrogen and oxygen atoms in total. The predicted molar refractivity (Wildman–Crippen MR) is 193 cm³/mol. The number of benzene rings is 2. The highest BCUT2D eigenvalue weighted by atomic mass is 35.5. The number of amides is 1. The number of carbonyl (C=O) groups excluding carboxylic acids is 1. The van der Waals surface area contributed by atoms with Crippen molar-refractivity contribution in [3.05, 3.63) is 92.6 Å². The summed E-state index contributed by atoms with van der Waals surface area (Å²) in [5, 5.41) is 12.2. The van der Waals surface area contributed by atoms with Crippen molar-refractivity contribution in [3.8, 4) is 39.4 Å². The van der Waals surface area contributed by atoms with Crippen LogP contribution >= 0.6 is 23.2 Å². The van der Waals surface area contributed by atoms with Crippen molar-refractivity contribution in [3.63, 3.8) is 0 Å². The summed E-state index contributed by atoms with van der Waals surface area (Å²) in [7, 11) is 3.37. The number of nitrogens with one attached hydrogen (secondary N) is 2. The monoisotopic (exact) mass is 713 g/mol.